The fourth-order valence-corrected chi connectivity index (χ4v) is 1.66. The minimum atomic E-state index is 0.670. The van der Waals surface area contributed by atoms with E-state index in [0.29, 0.717) is 6.61 Å². The highest BCUT2D eigenvalue weighted by Gasteiger charge is 2.19. The van der Waals surface area contributed by atoms with Gasteiger partial charge in [0.2, 0.25) is 0 Å². The van der Waals surface area contributed by atoms with Gasteiger partial charge in [0.25, 0.3) is 0 Å². The second kappa shape index (κ2) is 5.17. The fourth-order valence-electron chi connectivity index (χ4n) is 1.66. The zero-order valence-corrected chi connectivity index (χ0v) is 9.83. The Morgan fingerprint density at radius 2 is 2.31 bits per heavy atom. The van der Waals surface area contributed by atoms with E-state index < -0.39 is 0 Å². The van der Waals surface area contributed by atoms with Crippen LogP contribution in [-0.2, 0) is 11.3 Å². The molecule has 86 valence electrons. The lowest BCUT2D eigenvalue weighted by molar-refractivity contribution is 0.299. The molecular formula is C14H19NO. The third kappa shape index (κ3) is 3.11. The van der Waals surface area contributed by atoms with Crippen LogP contribution >= 0.6 is 0 Å². The van der Waals surface area contributed by atoms with Gasteiger partial charge in [-0.3, -0.25) is 0 Å². The summed E-state index contributed by atoms with van der Waals surface area (Å²) in [5, 5.41) is 3.50. The summed E-state index contributed by atoms with van der Waals surface area (Å²) < 4.78 is 5.41. The largest absolute Gasteiger partial charge is 0.494 e. The highest BCUT2D eigenvalue weighted by Crippen LogP contribution is 2.20. The molecular weight excluding hydrogens is 198 g/mol. The first-order valence-electron chi connectivity index (χ1n) is 5.94. The van der Waals surface area contributed by atoms with E-state index in [-0.39, 0.29) is 0 Å². The van der Waals surface area contributed by atoms with Gasteiger partial charge in [-0.1, -0.05) is 24.8 Å². The molecule has 0 amide bonds. The summed E-state index contributed by atoms with van der Waals surface area (Å²) in [4.78, 5) is 0. The maximum Gasteiger partial charge on any atom is 0.119 e. The number of hydrogen-bond acceptors (Lipinski definition) is 2. The third-order valence-electron chi connectivity index (χ3n) is 2.74. The summed E-state index contributed by atoms with van der Waals surface area (Å²) in [6.07, 6.45) is 2.65. The van der Waals surface area contributed by atoms with Crippen LogP contribution in [0.15, 0.2) is 30.8 Å². The van der Waals surface area contributed by atoms with Gasteiger partial charge in [0.15, 0.2) is 0 Å². The van der Waals surface area contributed by atoms with Crippen LogP contribution in [0.25, 0.3) is 5.76 Å². The first kappa shape index (κ1) is 11.2. The van der Waals surface area contributed by atoms with Gasteiger partial charge < -0.3 is 10.1 Å². The minimum Gasteiger partial charge on any atom is -0.494 e. The Morgan fingerprint density at radius 3 is 3.00 bits per heavy atom. The van der Waals surface area contributed by atoms with Gasteiger partial charge in [-0.15, -0.1) is 0 Å². The molecule has 0 saturated heterocycles. The highest BCUT2D eigenvalue weighted by molar-refractivity contribution is 5.58. The average molecular weight is 217 g/mol. The highest BCUT2D eigenvalue weighted by atomic mass is 16.5. The molecule has 1 aliphatic rings. The Bertz CT molecular complexity index is 369. The fraction of sp³-hybridized carbons (Fsp3) is 0.429. The number of nitrogens with one attached hydrogen (secondary N) is 1. The van der Waals surface area contributed by atoms with E-state index in [9.17, 15) is 0 Å². The Labute approximate surface area is 97.3 Å². The Kier molecular flexibility index (Phi) is 3.62. The Balaban J connectivity index is 1.97. The maximum atomic E-state index is 5.41. The molecule has 0 aromatic heterocycles. The second-order valence-corrected chi connectivity index (χ2v) is 4.21. The zero-order chi connectivity index (χ0) is 11.4. The smallest absolute Gasteiger partial charge is 0.119 e. The van der Waals surface area contributed by atoms with E-state index in [1.165, 1.54) is 18.4 Å². The van der Waals surface area contributed by atoms with Crippen LogP contribution in [0.4, 0.5) is 0 Å². The molecule has 0 unspecified atom stereocenters. The standard InChI is InChI=1S/C14H19NO/c1-3-16-11(2)13-6-4-5-12(9-13)10-15-14-7-8-14/h4-6,9,14-15H,2-3,7-8,10H2,1H3. The van der Waals surface area contributed by atoms with Gasteiger partial charge in [-0.05, 0) is 31.4 Å². The van der Waals surface area contributed by atoms with E-state index in [0.717, 1.165) is 23.9 Å². The Hall–Kier alpha value is -1.28. The summed E-state index contributed by atoms with van der Waals surface area (Å²) >= 11 is 0. The van der Waals surface area contributed by atoms with Crippen molar-refractivity contribution in [2.75, 3.05) is 6.61 Å². The van der Waals surface area contributed by atoms with E-state index in [4.69, 9.17) is 4.74 Å². The predicted octanol–water partition coefficient (Wildman–Crippen LogP) is 2.95. The van der Waals surface area contributed by atoms with Crippen molar-refractivity contribution in [3.63, 3.8) is 0 Å². The summed E-state index contributed by atoms with van der Waals surface area (Å²) in [7, 11) is 0. The SMILES string of the molecule is C=C(OCC)c1cccc(CNC2CC2)c1. The number of ether oxygens (including phenoxy) is 1. The van der Waals surface area contributed by atoms with Crippen LogP contribution < -0.4 is 5.32 Å². The lowest BCUT2D eigenvalue weighted by Crippen LogP contribution is -2.15. The van der Waals surface area contributed by atoms with Crippen molar-refractivity contribution in [1.82, 2.24) is 5.32 Å². The zero-order valence-electron chi connectivity index (χ0n) is 9.83. The molecule has 2 rings (SSSR count). The van der Waals surface area contributed by atoms with E-state index in [2.05, 4.69) is 30.1 Å². The van der Waals surface area contributed by atoms with Crippen molar-refractivity contribution < 1.29 is 4.74 Å². The van der Waals surface area contributed by atoms with E-state index in [1.807, 2.05) is 13.0 Å². The van der Waals surface area contributed by atoms with Gasteiger partial charge in [-0.2, -0.15) is 0 Å². The second-order valence-electron chi connectivity index (χ2n) is 4.21. The van der Waals surface area contributed by atoms with Gasteiger partial charge in [-0.25, -0.2) is 0 Å². The predicted molar refractivity (Wildman–Crippen MR) is 67.0 cm³/mol. The number of hydrogen-bond donors (Lipinski definition) is 1. The molecule has 0 atom stereocenters. The van der Waals surface area contributed by atoms with Crippen molar-refractivity contribution in [3.05, 3.63) is 42.0 Å². The molecule has 2 heteroatoms. The van der Waals surface area contributed by atoms with Crippen LogP contribution in [-0.4, -0.2) is 12.6 Å². The molecule has 1 saturated carbocycles. The summed E-state index contributed by atoms with van der Waals surface area (Å²) in [6.45, 7) is 7.51. The molecule has 0 bridgehead atoms. The first-order valence-corrected chi connectivity index (χ1v) is 5.94. The number of rotatable bonds is 6. The van der Waals surface area contributed by atoms with Crippen LogP contribution in [0.5, 0.6) is 0 Å². The van der Waals surface area contributed by atoms with Crippen molar-refractivity contribution in [2.24, 2.45) is 0 Å². The molecule has 1 aliphatic carbocycles. The van der Waals surface area contributed by atoms with Crippen molar-refractivity contribution >= 4 is 5.76 Å². The average Bonchev–Trinajstić information content (AvgIpc) is 3.11. The van der Waals surface area contributed by atoms with Gasteiger partial charge in [0.1, 0.15) is 5.76 Å². The summed E-state index contributed by atoms with van der Waals surface area (Å²) in [6, 6.07) is 9.13. The van der Waals surface area contributed by atoms with E-state index in [1.54, 1.807) is 0 Å². The van der Waals surface area contributed by atoms with Crippen LogP contribution in [0.2, 0.25) is 0 Å². The molecule has 1 N–H and O–H groups in total. The number of benzene rings is 1. The van der Waals surface area contributed by atoms with Gasteiger partial charge >= 0.3 is 0 Å². The molecule has 0 heterocycles. The van der Waals surface area contributed by atoms with Crippen molar-refractivity contribution in [2.45, 2.75) is 32.4 Å². The first-order chi connectivity index (χ1) is 7.79. The quantitative estimate of drug-likeness (QED) is 0.740. The van der Waals surface area contributed by atoms with Crippen molar-refractivity contribution in [1.29, 1.82) is 0 Å². The van der Waals surface area contributed by atoms with Gasteiger partial charge in [0.05, 0.1) is 6.61 Å². The van der Waals surface area contributed by atoms with Crippen LogP contribution in [0, 0.1) is 0 Å². The molecule has 1 aromatic carbocycles. The monoisotopic (exact) mass is 217 g/mol. The van der Waals surface area contributed by atoms with Gasteiger partial charge in [0, 0.05) is 18.2 Å². The Morgan fingerprint density at radius 1 is 1.50 bits per heavy atom. The molecule has 1 aromatic rings. The molecule has 0 aliphatic heterocycles. The lowest BCUT2D eigenvalue weighted by Gasteiger charge is -2.09. The molecule has 0 radical (unpaired) electrons. The van der Waals surface area contributed by atoms with Crippen molar-refractivity contribution in [3.8, 4) is 0 Å². The summed E-state index contributed by atoms with van der Waals surface area (Å²) in [5.74, 6) is 0.760. The maximum absolute atomic E-state index is 5.41. The third-order valence-corrected chi connectivity index (χ3v) is 2.74. The van der Waals surface area contributed by atoms with Crippen LogP contribution in [0.3, 0.4) is 0 Å². The van der Waals surface area contributed by atoms with Crippen LogP contribution in [0.1, 0.15) is 30.9 Å². The molecule has 0 spiro atoms. The normalized spacial score (nSPS) is 14.8. The summed E-state index contributed by atoms with van der Waals surface area (Å²) in [5.41, 5.74) is 2.38. The molecule has 16 heavy (non-hydrogen) atoms. The topological polar surface area (TPSA) is 21.3 Å². The van der Waals surface area contributed by atoms with E-state index >= 15 is 0 Å². The molecule has 1 fully saturated rings. The minimum absolute atomic E-state index is 0.670. The molecule has 2 nitrogen and oxygen atoms in total. The lowest BCUT2D eigenvalue weighted by atomic mass is 10.1.